The average Bonchev–Trinajstić information content (AvgIpc) is 3.03. The topological polar surface area (TPSA) is 89.9 Å². The van der Waals surface area contributed by atoms with Crippen LogP contribution < -0.4 is 11.1 Å². The number of fused-ring (bicyclic) bond motifs is 1. The molecule has 1 atom stereocenters. The van der Waals surface area contributed by atoms with Crippen LogP contribution in [0.2, 0.25) is 0 Å². The molecule has 3 aromatic heterocycles. The van der Waals surface area contributed by atoms with Crippen LogP contribution >= 0.6 is 0 Å². The van der Waals surface area contributed by atoms with E-state index in [4.69, 9.17) is 10.3 Å². The van der Waals surface area contributed by atoms with Gasteiger partial charge in [-0.2, -0.15) is 0 Å². The normalized spacial score (nSPS) is 12.3. The average molecular weight is 373 g/mol. The van der Waals surface area contributed by atoms with Crippen molar-refractivity contribution in [2.45, 2.75) is 33.7 Å². The minimum atomic E-state index is 0.0108. The molecule has 3 heterocycles. The summed E-state index contributed by atoms with van der Waals surface area (Å²) >= 11 is 0. The summed E-state index contributed by atoms with van der Waals surface area (Å²) in [5.74, 6) is 0.803. The molecule has 6 nitrogen and oxygen atoms in total. The van der Waals surface area contributed by atoms with E-state index < -0.39 is 0 Å². The van der Waals surface area contributed by atoms with Crippen molar-refractivity contribution in [3.05, 3.63) is 65.4 Å². The van der Waals surface area contributed by atoms with Crippen LogP contribution in [0.1, 0.15) is 35.7 Å². The fraction of sp³-hybridized carbons (Fsp3) is 0.227. The Bertz CT molecular complexity index is 1130. The van der Waals surface area contributed by atoms with Gasteiger partial charge in [-0.25, -0.2) is 0 Å². The summed E-state index contributed by atoms with van der Waals surface area (Å²) in [6, 6.07) is 10.1. The molecule has 0 saturated heterocycles. The molecule has 3 N–H and O–H groups in total. The Kier molecular flexibility index (Phi) is 4.47. The van der Waals surface area contributed by atoms with Gasteiger partial charge < -0.3 is 15.6 Å². The van der Waals surface area contributed by atoms with Crippen molar-refractivity contribution in [1.82, 2.24) is 15.1 Å². The van der Waals surface area contributed by atoms with Gasteiger partial charge in [-0.1, -0.05) is 11.2 Å². The number of anilines is 2. The van der Waals surface area contributed by atoms with E-state index in [1.54, 1.807) is 12.4 Å². The molecular weight excluding hydrogens is 350 g/mol. The fourth-order valence-electron chi connectivity index (χ4n) is 3.58. The maximum absolute atomic E-state index is 6.27. The van der Waals surface area contributed by atoms with Crippen molar-refractivity contribution in [1.29, 1.82) is 0 Å². The lowest BCUT2D eigenvalue weighted by atomic mass is 9.96. The van der Waals surface area contributed by atoms with Crippen molar-refractivity contribution in [2.75, 3.05) is 11.1 Å². The molecule has 0 aliphatic rings. The molecule has 6 heteroatoms. The Labute approximate surface area is 163 Å². The summed E-state index contributed by atoms with van der Waals surface area (Å²) in [5.41, 5.74) is 13.7. The Morgan fingerprint density at radius 3 is 2.61 bits per heavy atom. The Morgan fingerprint density at radius 2 is 1.93 bits per heavy atom. The zero-order valence-corrected chi connectivity index (χ0v) is 16.4. The van der Waals surface area contributed by atoms with Crippen LogP contribution in [0.5, 0.6) is 0 Å². The summed E-state index contributed by atoms with van der Waals surface area (Å²) in [6.07, 6.45) is 3.49. The molecule has 1 aromatic carbocycles. The predicted octanol–water partition coefficient (Wildman–Crippen LogP) is 4.97. The molecule has 0 aliphatic heterocycles. The quantitative estimate of drug-likeness (QED) is 0.525. The van der Waals surface area contributed by atoms with E-state index >= 15 is 0 Å². The molecule has 0 saturated carbocycles. The highest BCUT2D eigenvalue weighted by Gasteiger charge is 2.17. The molecule has 0 aliphatic carbocycles. The van der Waals surface area contributed by atoms with Gasteiger partial charge in [-0.05, 0) is 63.1 Å². The van der Waals surface area contributed by atoms with Gasteiger partial charge in [0.25, 0.3) is 0 Å². The van der Waals surface area contributed by atoms with Crippen molar-refractivity contribution in [3.63, 3.8) is 0 Å². The Morgan fingerprint density at radius 1 is 1.11 bits per heavy atom. The van der Waals surface area contributed by atoms with Gasteiger partial charge in [0.1, 0.15) is 5.76 Å². The van der Waals surface area contributed by atoms with Gasteiger partial charge in [-0.3, -0.25) is 9.97 Å². The van der Waals surface area contributed by atoms with Crippen molar-refractivity contribution in [3.8, 4) is 11.1 Å². The number of nitrogens with two attached hydrogens (primary N) is 1. The molecule has 4 rings (SSSR count). The molecule has 28 heavy (non-hydrogen) atoms. The van der Waals surface area contributed by atoms with Gasteiger partial charge in [0.05, 0.1) is 40.5 Å². The smallest absolute Gasteiger partial charge is 0.141 e. The highest BCUT2D eigenvalue weighted by atomic mass is 16.5. The van der Waals surface area contributed by atoms with Crippen LogP contribution in [0.25, 0.3) is 22.0 Å². The van der Waals surface area contributed by atoms with E-state index in [9.17, 15) is 0 Å². The van der Waals surface area contributed by atoms with Crippen LogP contribution in [0, 0.1) is 20.8 Å². The number of hydrogen-bond acceptors (Lipinski definition) is 6. The molecule has 0 fully saturated rings. The first kappa shape index (κ1) is 18.0. The van der Waals surface area contributed by atoms with E-state index in [1.165, 1.54) is 0 Å². The number of nitrogen functional groups attached to an aromatic ring is 1. The largest absolute Gasteiger partial charge is 0.396 e. The molecule has 0 spiro atoms. The first-order chi connectivity index (χ1) is 13.5. The van der Waals surface area contributed by atoms with Gasteiger partial charge in [0, 0.05) is 17.1 Å². The number of hydrogen-bond donors (Lipinski definition) is 2. The Hall–Kier alpha value is -3.41. The number of nitrogens with zero attached hydrogens (tertiary/aromatic N) is 3. The van der Waals surface area contributed by atoms with Gasteiger partial charge >= 0.3 is 0 Å². The summed E-state index contributed by atoms with van der Waals surface area (Å²) in [4.78, 5) is 8.99. The van der Waals surface area contributed by atoms with E-state index in [1.807, 2.05) is 32.0 Å². The summed E-state index contributed by atoms with van der Waals surface area (Å²) in [5, 5.41) is 8.58. The molecular formula is C22H23N5O. The van der Waals surface area contributed by atoms with E-state index in [0.29, 0.717) is 5.69 Å². The fourth-order valence-corrected chi connectivity index (χ4v) is 3.58. The lowest BCUT2D eigenvalue weighted by Crippen LogP contribution is -2.10. The first-order valence-corrected chi connectivity index (χ1v) is 9.25. The van der Waals surface area contributed by atoms with Gasteiger partial charge in [0.2, 0.25) is 0 Å². The maximum atomic E-state index is 6.27. The summed E-state index contributed by atoms with van der Waals surface area (Å²) in [7, 11) is 0. The van der Waals surface area contributed by atoms with Crippen LogP contribution in [-0.2, 0) is 0 Å². The van der Waals surface area contributed by atoms with Crippen molar-refractivity contribution >= 4 is 22.3 Å². The zero-order chi connectivity index (χ0) is 19.8. The molecule has 0 unspecified atom stereocenters. The van der Waals surface area contributed by atoms with Crippen LogP contribution in [0.3, 0.4) is 0 Å². The second-order valence-corrected chi connectivity index (χ2v) is 7.09. The SMILES string of the molecule is Cc1cc2c(N[C@H](C)c3ccccn3)c(N)cnc2cc1-c1c(C)noc1C. The number of benzene rings is 1. The lowest BCUT2D eigenvalue weighted by Gasteiger charge is -2.19. The molecule has 4 aromatic rings. The molecule has 0 radical (unpaired) electrons. The third-order valence-corrected chi connectivity index (χ3v) is 5.04. The van der Waals surface area contributed by atoms with Crippen LogP contribution in [0.15, 0.2) is 47.2 Å². The third-order valence-electron chi connectivity index (χ3n) is 5.04. The Balaban J connectivity index is 1.82. The highest BCUT2D eigenvalue weighted by Crippen LogP contribution is 2.37. The van der Waals surface area contributed by atoms with Crippen LogP contribution in [0.4, 0.5) is 11.4 Å². The third kappa shape index (κ3) is 3.07. The second kappa shape index (κ2) is 6.96. The minimum Gasteiger partial charge on any atom is -0.396 e. The minimum absolute atomic E-state index is 0.0108. The number of pyridine rings is 2. The molecule has 0 amide bonds. The number of aromatic nitrogens is 3. The van der Waals surface area contributed by atoms with Crippen LogP contribution in [-0.4, -0.2) is 15.1 Å². The number of nitrogens with one attached hydrogen (secondary N) is 1. The predicted molar refractivity (Wildman–Crippen MR) is 112 cm³/mol. The number of rotatable bonds is 4. The number of aryl methyl sites for hydroxylation is 3. The van der Waals surface area contributed by atoms with Crippen molar-refractivity contribution in [2.24, 2.45) is 0 Å². The molecule has 142 valence electrons. The monoisotopic (exact) mass is 373 g/mol. The van der Waals surface area contributed by atoms with E-state index in [-0.39, 0.29) is 6.04 Å². The van der Waals surface area contributed by atoms with Gasteiger partial charge in [0.15, 0.2) is 0 Å². The highest BCUT2D eigenvalue weighted by molar-refractivity contribution is 6.00. The first-order valence-electron chi connectivity index (χ1n) is 9.25. The summed E-state index contributed by atoms with van der Waals surface area (Å²) in [6.45, 7) is 8.03. The van der Waals surface area contributed by atoms with Gasteiger partial charge in [-0.15, -0.1) is 0 Å². The second-order valence-electron chi connectivity index (χ2n) is 7.09. The zero-order valence-electron chi connectivity index (χ0n) is 16.4. The molecule has 0 bridgehead atoms. The van der Waals surface area contributed by atoms with E-state index in [2.05, 4.69) is 46.4 Å². The lowest BCUT2D eigenvalue weighted by molar-refractivity contribution is 0.393. The standard InChI is InChI=1S/C22H23N5O/c1-12-9-17-20(10-16(12)21-14(3)27-28-15(21)4)25-11-18(23)22(17)26-13(2)19-7-5-6-8-24-19/h5-11,13H,23H2,1-4H3,(H,25,26)/t13-/m1/s1. The van der Waals surface area contributed by atoms with E-state index in [0.717, 1.165) is 50.4 Å². The van der Waals surface area contributed by atoms with Crippen molar-refractivity contribution < 1.29 is 4.52 Å². The summed E-state index contributed by atoms with van der Waals surface area (Å²) < 4.78 is 5.35. The maximum Gasteiger partial charge on any atom is 0.141 e.